The van der Waals surface area contributed by atoms with Gasteiger partial charge in [0.2, 0.25) is 0 Å². The number of phenolic OH excluding ortho intramolecular Hbond substituents is 2. The SMILES string of the molecule is CC(=O)c1c(O)c(C)c(O)c2c1OC1=CC(=O)C(=C(C)NCCn3cnc4ccccc43)C(=O)C12C. The predicted octanol–water partition coefficient (Wildman–Crippen LogP) is 3.21. The van der Waals surface area contributed by atoms with Gasteiger partial charge in [0, 0.05) is 30.4 Å². The maximum atomic E-state index is 13.8. The second kappa shape index (κ2) is 8.08. The highest BCUT2D eigenvalue weighted by Gasteiger charge is 2.56. The van der Waals surface area contributed by atoms with Gasteiger partial charge < -0.3 is 24.8 Å². The van der Waals surface area contributed by atoms with E-state index < -0.39 is 28.5 Å². The van der Waals surface area contributed by atoms with E-state index in [-0.39, 0.29) is 39.5 Å². The number of carbonyl (C=O) groups is 3. The molecule has 1 aliphatic carbocycles. The number of carbonyl (C=O) groups excluding carboxylic acids is 3. The van der Waals surface area contributed by atoms with Crippen LogP contribution in [0, 0.1) is 6.92 Å². The number of Topliss-reactive ketones (excluding diaryl/α,β-unsaturated/α-hetero) is 2. The third-order valence-electron chi connectivity index (χ3n) is 7.03. The highest BCUT2D eigenvalue weighted by atomic mass is 16.5. The number of phenols is 2. The van der Waals surface area contributed by atoms with Gasteiger partial charge >= 0.3 is 0 Å². The summed E-state index contributed by atoms with van der Waals surface area (Å²) in [6.45, 7) is 6.89. The summed E-state index contributed by atoms with van der Waals surface area (Å²) in [5.41, 5.74) is 0.652. The molecule has 2 aliphatic rings. The van der Waals surface area contributed by atoms with E-state index in [1.165, 1.54) is 19.9 Å². The Hall–Kier alpha value is -4.40. The quantitative estimate of drug-likeness (QED) is 0.284. The van der Waals surface area contributed by atoms with Crippen LogP contribution in [-0.4, -0.2) is 43.7 Å². The van der Waals surface area contributed by atoms with E-state index in [0.717, 1.165) is 11.0 Å². The molecule has 2 aromatic carbocycles. The van der Waals surface area contributed by atoms with Crippen LogP contribution in [0.3, 0.4) is 0 Å². The lowest BCUT2D eigenvalue weighted by atomic mass is 9.70. The fourth-order valence-electron chi connectivity index (χ4n) is 5.00. The van der Waals surface area contributed by atoms with E-state index in [2.05, 4.69) is 10.3 Å². The molecule has 5 rings (SSSR count). The monoisotopic (exact) mass is 487 g/mol. The van der Waals surface area contributed by atoms with Gasteiger partial charge in [0.15, 0.2) is 17.3 Å². The molecule has 1 aliphatic heterocycles. The van der Waals surface area contributed by atoms with Gasteiger partial charge in [-0.3, -0.25) is 14.4 Å². The average molecular weight is 488 g/mol. The lowest BCUT2D eigenvalue weighted by molar-refractivity contribution is -0.123. The number of nitrogens with zero attached hydrogens (tertiary/aromatic N) is 2. The number of para-hydroxylation sites is 2. The van der Waals surface area contributed by atoms with E-state index >= 15 is 0 Å². The molecule has 0 saturated heterocycles. The number of nitrogens with one attached hydrogen (secondary N) is 1. The third kappa shape index (κ3) is 3.16. The van der Waals surface area contributed by atoms with Gasteiger partial charge in [-0.1, -0.05) is 12.1 Å². The van der Waals surface area contributed by atoms with Gasteiger partial charge in [-0.2, -0.15) is 0 Å². The van der Waals surface area contributed by atoms with Crippen molar-refractivity contribution in [1.82, 2.24) is 14.9 Å². The zero-order valence-electron chi connectivity index (χ0n) is 20.3. The van der Waals surface area contributed by atoms with Crippen molar-refractivity contribution in [2.24, 2.45) is 0 Å². The normalized spacial score (nSPS) is 20.1. The van der Waals surface area contributed by atoms with Crippen molar-refractivity contribution in [3.05, 3.63) is 70.4 Å². The maximum absolute atomic E-state index is 13.8. The summed E-state index contributed by atoms with van der Waals surface area (Å²) in [6, 6.07) is 7.74. The molecular formula is C27H25N3O6. The number of rotatable bonds is 5. The van der Waals surface area contributed by atoms with Gasteiger partial charge in [-0.15, -0.1) is 0 Å². The van der Waals surface area contributed by atoms with Gasteiger partial charge in [-0.25, -0.2) is 4.98 Å². The highest BCUT2D eigenvalue weighted by Crippen LogP contribution is 2.57. The smallest absolute Gasteiger partial charge is 0.194 e. The molecule has 0 fully saturated rings. The zero-order valence-corrected chi connectivity index (χ0v) is 20.3. The van der Waals surface area contributed by atoms with E-state index in [1.807, 2.05) is 28.8 Å². The Balaban J connectivity index is 1.51. The van der Waals surface area contributed by atoms with E-state index in [9.17, 15) is 24.6 Å². The van der Waals surface area contributed by atoms with Gasteiger partial charge in [0.25, 0.3) is 0 Å². The Kier molecular flexibility index (Phi) is 5.24. The van der Waals surface area contributed by atoms with Gasteiger partial charge in [-0.05, 0) is 39.8 Å². The van der Waals surface area contributed by atoms with Crippen LogP contribution in [0.25, 0.3) is 11.0 Å². The molecule has 3 aromatic rings. The average Bonchev–Trinajstić information content (AvgIpc) is 3.37. The van der Waals surface area contributed by atoms with E-state index in [1.54, 1.807) is 20.2 Å². The number of allylic oxidation sites excluding steroid dienone is 4. The Morgan fingerprint density at radius 2 is 1.89 bits per heavy atom. The van der Waals surface area contributed by atoms with E-state index in [0.29, 0.717) is 18.8 Å². The van der Waals surface area contributed by atoms with Crippen LogP contribution < -0.4 is 10.1 Å². The number of aromatic nitrogens is 2. The predicted molar refractivity (Wildman–Crippen MR) is 131 cm³/mol. The number of fused-ring (bicyclic) bond motifs is 4. The molecule has 3 N–H and O–H groups in total. The molecule has 0 radical (unpaired) electrons. The summed E-state index contributed by atoms with van der Waals surface area (Å²) in [5, 5.41) is 24.5. The number of imidazole rings is 1. The van der Waals surface area contributed by atoms with Crippen molar-refractivity contribution < 1.29 is 29.3 Å². The fourth-order valence-corrected chi connectivity index (χ4v) is 5.00. The van der Waals surface area contributed by atoms with Crippen molar-refractivity contribution in [1.29, 1.82) is 0 Å². The van der Waals surface area contributed by atoms with Crippen molar-refractivity contribution in [2.75, 3.05) is 6.54 Å². The Morgan fingerprint density at radius 3 is 2.61 bits per heavy atom. The molecular weight excluding hydrogens is 462 g/mol. The number of hydrogen-bond donors (Lipinski definition) is 3. The van der Waals surface area contributed by atoms with Crippen LogP contribution in [0.1, 0.15) is 42.3 Å². The number of benzene rings is 2. The fraction of sp³-hybridized carbons (Fsp3) is 0.259. The van der Waals surface area contributed by atoms with Crippen LogP contribution in [0.15, 0.2) is 53.7 Å². The topological polar surface area (TPSA) is 131 Å². The number of ether oxygens (including phenoxy) is 1. The maximum Gasteiger partial charge on any atom is 0.194 e. The number of aromatic hydroxyl groups is 2. The highest BCUT2D eigenvalue weighted by molar-refractivity contribution is 6.31. The standard InChI is InChI=1S/C27H25N3O6/c1-13-23(33)21(15(3)31)25-22(24(13)34)27(4)19(36-25)11-18(32)20(26(27)35)14(2)28-9-10-30-12-29-16-7-5-6-8-17(16)30/h5-8,11-12,28,33-34H,9-10H2,1-4H3. The largest absolute Gasteiger partial charge is 0.507 e. The summed E-state index contributed by atoms with van der Waals surface area (Å²) in [4.78, 5) is 43.5. The van der Waals surface area contributed by atoms with Crippen LogP contribution in [0.5, 0.6) is 17.2 Å². The summed E-state index contributed by atoms with van der Waals surface area (Å²) in [5.74, 6) is -2.44. The molecule has 9 heteroatoms. The molecule has 184 valence electrons. The zero-order chi connectivity index (χ0) is 25.9. The molecule has 0 spiro atoms. The first-order chi connectivity index (χ1) is 17.1. The molecule has 36 heavy (non-hydrogen) atoms. The molecule has 1 unspecified atom stereocenters. The van der Waals surface area contributed by atoms with Crippen molar-refractivity contribution in [3.63, 3.8) is 0 Å². The summed E-state index contributed by atoms with van der Waals surface area (Å²) < 4.78 is 7.76. The molecule has 0 saturated carbocycles. The molecule has 1 atom stereocenters. The second-order valence-corrected chi connectivity index (χ2v) is 9.24. The summed E-state index contributed by atoms with van der Waals surface area (Å²) >= 11 is 0. The van der Waals surface area contributed by atoms with Crippen LogP contribution >= 0.6 is 0 Å². The summed E-state index contributed by atoms with van der Waals surface area (Å²) in [7, 11) is 0. The number of hydrogen-bond acceptors (Lipinski definition) is 8. The Labute approximate surface area is 206 Å². The Bertz CT molecular complexity index is 1560. The molecule has 0 amide bonds. The molecule has 1 aromatic heterocycles. The van der Waals surface area contributed by atoms with Gasteiger partial charge in [0.1, 0.15) is 34.0 Å². The van der Waals surface area contributed by atoms with Crippen molar-refractivity contribution >= 4 is 28.4 Å². The Morgan fingerprint density at radius 1 is 1.17 bits per heavy atom. The molecule has 0 bridgehead atoms. The van der Waals surface area contributed by atoms with Crippen molar-refractivity contribution in [3.8, 4) is 17.2 Å². The minimum Gasteiger partial charge on any atom is -0.507 e. The molecule has 9 nitrogen and oxygen atoms in total. The van der Waals surface area contributed by atoms with Crippen LogP contribution in [-0.2, 0) is 21.5 Å². The lowest BCUT2D eigenvalue weighted by Crippen LogP contribution is -2.41. The minimum atomic E-state index is -1.53. The van der Waals surface area contributed by atoms with Gasteiger partial charge in [0.05, 0.1) is 28.5 Å². The minimum absolute atomic E-state index is 0.0109. The van der Waals surface area contributed by atoms with Crippen LogP contribution in [0.2, 0.25) is 0 Å². The van der Waals surface area contributed by atoms with Crippen LogP contribution in [0.4, 0.5) is 0 Å². The number of ketones is 3. The second-order valence-electron chi connectivity index (χ2n) is 9.24. The van der Waals surface area contributed by atoms with E-state index in [4.69, 9.17) is 4.74 Å². The first kappa shape index (κ1) is 23.3. The first-order valence-electron chi connectivity index (χ1n) is 11.5. The van der Waals surface area contributed by atoms with Crippen molar-refractivity contribution in [2.45, 2.75) is 39.7 Å². The first-order valence-corrected chi connectivity index (χ1v) is 11.5. The summed E-state index contributed by atoms with van der Waals surface area (Å²) in [6.07, 6.45) is 2.95. The third-order valence-corrected chi connectivity index (χ3v) is 7.03. The molecule has 2 heterocycles. The lowest BCUT2D eigenvalue weighted by Gasteiger charge is -2.29.